The van der Waals surface area contributed by atoms with Crippen molar-refractivity contribution in [2.45, 2.75) is 27.7 Å². The summed E-state index contributed by atoms with van der Waals surface area (Å²) in [7, 11) is 0. The van der Waals surface area contributed by atoms with E-state index >= 15 is 0 Å². The maximum atomic E-state index is 12.9. The number of Topliss-reactive ketones (excluding diaryl/α,β-unsaturated/α-hetero) is 1. The molecule has 0 unspecified atom stereocenters. The summed E-state index contributed by atoms with van der Waals surface area (Å²) >= 11 is 1.39. The predicted molar refractivity (Wildman–Crippen MR) is 99.5 cm³/mol. The molecular weight excluding hydrogens is 336 g/mol. The molecule has 0 N–H and O–H groups in total. The Bertz CT molecular complexity index is 883. The molecule has 0 bridgehead atoms. The summed E-state index contributed by atoms with van der Waals surface area (Å²) in [6, 6.07) is 3.90. The highest BCUT2D eigenvalue weighted by molar-refractivity contribution is 7.14. The molecule has 0 radical (unpaired) electrons. The van der Waals surface area contributed by atoms with Gasteiger partial charge in [0, 0.05) is 24.4 Å². The zero-order valence-corrected chi connectivity index (χ0v) is 15.6. The van der Waals surface area contributed by atoms with E-state index < -0.39 is 0 Å². The number of hydrogen-bond donors (Lipinski definition) is 0. The van der Waals surface area contributed by atoms with Crippen molar-refractivity contribution in [1.82, 2.24) is 4.98 Å². The number of ketones is 1. The minimum atomic E-state index is -0.0480. The predicted octanol–water partition coefficient (Wildman–Crippen LogP) is 3.79. The third-order valence-corrected chi connectivity index (χ3v) is 5.09. The third-order valence-electron chi connectivity index (χ3n) is 4.21. The van der Waals surface area contributed by atoms with Gasteiger partial charge in [-0.05, 0) is 38.0 Å². The topological polar surface area (TPSA) is 59.5 Å². The minimum Gasteiger partial charge on any atom is -0.488 e. The van der Waals surface area contributed by atoms with E-state index in [1.807, 2.05) is 38.3 Å². The highest BCUT2D eigenvalue weighted by Crippen LogP contribution is 2.33. The molecule has 2 aromatic rings. The van der Waals surface area contributed by atoms with Crippen LogP contribution in [-0.2, 0) is 4.79 Å². The van der Waals surface area contributed by atoms with Crippen molar-refractivity contribution in [1.29, 1.82) is 0 Å². The molecule has 1 aliphatic rings. The molecule has 0 fully saturated rings. The number of aromatic nitrogens is 1. The van der Waals surface area contributed by atoms with Crippen molar-refractivity contribution < 1.29 is 14.3 Å². The lowest BCUT2D eigenvalue weighted by Crippen LogP contribution is -2.27. The van der Waals surface area contributed by atoms with Crippen LogP contribution in [-0.4, -0.2) is 29.8 Å². The first-order valence-corrected chi connectivity index (χ1v) is 9.02. The monoisotopic (exact) mass is 356 g/mol. The first-order chi connectivity index (χ1) is 11.9. The second kappa shape index (κ2) is 6.80. The highest BCUT2D eigenvalue weighted by atomic mass is 32.1. The Morgan fingerprint density at radius 2 is 2.08 bits per heavy atom. The maximum Gasteiger partial charge on any atom is 0.225 e. The van der Waals surface area contributed by atoms with E-state index in [-0.39, 0.29) is 18.3 Å². The lowest BCUT2D eigenvalue weighted by atomic mass is 9.93. The summed E-state index contributed by atoms with van der Waals surface area (Å²) in [5.74, 6) is 0.610. The molecule has 1 aromatic carbocycles. The summed E-state index contributed by atoms with van der Waals surface area (Å²) < 4.78 is 5.83. The van der Waals surface area contributed by atoms with E-state index in [2.05, 4.69) is 4.98 Å². The Morgan fingerprint density at radius 3 is 2.76 bits per heavy atom. The molecule has 5 nitrogen and oxygen atoms in total. The average Bonchev–Trinajstić information content (AvgIpc) is 3.01. The number of ether oxygens (including phenoxy) is 1. The van der Waals surface area contributed by atoms with Gasteiger partial charge in [-0.15, -0.1) is 11.3 Å². The van der Waals surface area contributed by atoms with Crippen LogP contribution in [0.1, 0.15) is 41.0 Å². The summed E-state index contributed by atoms with van der Waals surface area (Å²) in [5.41, 5.74) is 3.74. The van der Waals surface area contributed by atoms with Crippen molar-refractivity contribution in [3.63, 3.8) is 0 Å². The van der Waals surface area contributed by atoms with Crippen LogP contribution in [0.15, 0.2) is 23.1 Å². The van der Waals surface area contributed by atoms with Gasteiger partial charge in [-0.1, -0.05) is 12.1 Å². The largest absolute Gasteiger partial charge is 0.488 e. The van der Waals surface area contributed by atoms with Gasteiger partial charge in [-0.25, -0.2) is 4.98 Å². The molecule has 1 amide bonds. The van der Waals surface area contributed by atoms with Gasteiger partial charge < -0.3 is 4.74 Å². The van der Waals surface area contributed by atoms with Crippen LogP contribution in [0.2, 0.25) is 0 Å². The molecule has 130 valence electrons. The number of anilines is 1. The second-order valence-electron chi connectivity index (χ2n) is 6.01. The van der Waals surface area contributed by atoms with Crippen molar-refractivity contribution in [2.24, 2.45) is 0 Å². The molecule has 3 rings (SSSR count). The Labute approximate surface area is 150 Å². The standard InChI is InChI=1S/C19H20N2O3S/c1-5-21(13(4)22)19-20-15(10-25-19)8-14-9-24-18-12(3)7-6-11(2)16(18)17(14)23/h6-8,10H,5,9H2,1-4H3. The Kier molecular flexibility index (Phi) is 4.72. The van der Waals surface area contributed by atoms with E-state index in [0.717, 1.165) is 11.1 Å². The van der Waals surface area contributed by atoms with Crippen molar-refractivity contribution in [2.75, 3.05) is 18.1 Å². The molecular formula is C19H20N2O3S. The van der Waals surface area contributed by atoms with E-state index in [1.54, 1.807) is 11.0 Å². The van der Waals surface area contributed by atoms with Gasteiger partial charge in [0.05, 0.1) is 11.3 Å². The number of aryl methyl sites for hydroxylation is 2. The highest BCUT2D eigenvalue weighted by Gasteiger charge is 2.26. The lowest BCUT2D eigenvalue weighted by Gasteiger charge is -2.22. The summed E-state index contributed by atoms with van der Waals surface area (Å²) in [6.07, 6.45) is 1.75. The first-order valence-electron chi connectivity index (χ1n) is 8.14. The number of thiazole rings is 1. The van der Waals surface area contributed by atoms with Gasteiger partial charge in [0.15, 0.2) is 10.9 Å². The van der Waals surface area contributed by atoms with Gasteiger partial charge in [-0.3, -0.25) is 14.5 Å². The molecule has 1 aromatic heterocycles. The molecule has 0 spiro atoms. The Balaban J connectivity index is 1.93. The van der Waals surface area contributed by atoms with Crippen LogP contribution in [0.3, 0.4) is 0 Å². The number of hydrogen-bond acceptors (Lipinski definition) is 5. The van der Waals surface area contributed by atoms with Crippen molar-refractivity contribution in [3.05, 3.63) is 45.5 Å². The lowest BCUT2D eigenvalue weighted by molar-refractivity contribution is -0.116. The van der Waals surface area contributed by atoms with Gasteiger partial charge in [0.1, 0.15) is 12.4 Å². The number of carbonyl (C=O) groups excluding carboxylic acids is 2. The van der Waals surface area contributed by atoms with Gasteiger partial charge in [0.25, 0.3) is 0 Å². The second-order valence-corrected chi connectivity index (χ2v) is 6.85. The number of amides is 1. The zero-order chi connectivity index (χ0) is 18.1. The summed E-state index contributed by atoms with van der Waals surface area (Å²) in [6.45, 7) is 8.06. The Morgan fingerprint density at radius 1 is 1.36 bits per heavy atom. The van der Waals surface area contributed by atoms with Crippen LogP contribution in [0.5, 0.6) is 5.75 Å². The molecule has 6 heteroatoms. The number of nitrogens with zero attached hydrogens (tertiary/aromatic N) is 2. The first kappa shape index (κ1) is 17.4. The van der Waals surface area contributed by atoms with Crippen LogP contribution in [0, 0.1) is 13.8 Å². The van der Waals surface area contributed by atoms with Crippen LogP contribution in [0.4, 0.5) is 5.13 Å². The fraction of sp³-hybridized carbons (Fsp3) is 0.316. The van der Waals surface area contributed by atoms with Gasteiger partial charge in [-0.2, -0.15) is 0 Å². The fourth-order valence-corrected chi connectivity index (χ4v) is 3.76. The SMILES string of the molecule is CCN(C(C)=O)c1nc(C=C2COc3c(C)ccc(C)c3C2=O)cs1. The van der Waals surface area contributed by atoms with Gasteiger partial charge >= 0.3 is 0 Å². The average molecular weight is 356 g/mol. The van der Waals surface area contributed by atoms with Gasteiger partial charge in [0.2, 0.25) is 5.91 Å². The molecule has 0 saturated carbocycles. The zero-order valence-electron chi connectivity index (χ0n) is 14.8. The molecule has 0 atom stereocenters. The molecule has 0 saturated heterocycles. The molecule has 2 heterocycles. The van der Waals surface area contributed by atoms with Crippen LogP contribution >= 0.6 is 11.3 Å². The molecule has 0 aliphatic carbocycles. The fourth-order valence-electron chi connectivity index (χ4n) is 2.87. The van der Waals surface area contributed by atoms with E-state index in [9.17, 15) is 9.59 Å². The number of benzene rings is 1. The third kappa shape index (κ3) is 3.22. The summed E-state index contributed by atoms with van der Waals surface area (Å²) in [4.78, 5) is 30.6. The molecule has 25 heavy (non-hydrogen) atoms. The number of carbonyl (C=O) groups is 2. The summed E-state index contributed by atoms with van der Waals surface area (Å²) in [5, 5.41) is 2.48. The number of fused-ring (bicyclic) bond motifs is 1. The van der Waals surface area contributed by atoms with Crippen LogP contribution < -0.4 is 9.64 Å². The minimum absolute atomic E-state index is 0.0177. The number of rotatable bonds is 3. The van der Waals surface area contributed by atoms with E-state index in [1.165, 1.54) is 18.3 Å². The maximum absolute atomic E-state index is 12.9. The normalized spacial score (nSPS) is 15.0. The smallest absolute Gasteiger partial charge is 0.225 e. The van der Waals surface area contributed by atoms with Crippen LogP contribution in [0.25, 0.3) is 6.08 Å². The van der Waals surface area contributed by atoms with E-state index in [0.29, 0.717) is 34.3 Å². The van der Waals surface area contributed by atoms with Crippen molar-refractivity contribution >= 4 is 34.2 Å². The van der Waals surface area contributed by atoms with E-state index in [4.69, 9.17) is 4.74 Å². The quantitative estimate of drug-likeness (QED) is 0.785. The Hall–Kier alpha value is -2.47. The van der Waals surface area contributed by atoms with Crippen molar-refractivity contribution in [3.8, 4) is 5.75 Å². The molecule has 1 aliphatic heterocycles.